The summed E-state index contributed by atoms with van der Waals surface area (Å²) in [4.78, 5) is 17.4. The van der Waals surface area contributed by atoms with Crippen LogP contribution in [-0.2, 0) is 19.0 Å². The van der Waals surface area contributed by atoms with Crippen LogP contribution in [0, 0.1) is 11.3 Å². The third-order valence-corrected chi connectivity index (χ3v) is 5.74. The van der Waals surface area contributed by atoms with E-state index in [1.807, 2.05) is 0 Å². The lowest BCUT2D eigenvalue weighted by Crippen LogP contribution is -2.25. The van der Waals surface area contributed by atoms with Crippen LogP contribution in [0.5, 0.6) is 11.5 Å². The summed E-state index contributed by atoms with van der Waals surface area (Å²) in [6.07, 6.45) is 5.04. The van der Waals surface area contributed by atoms with Gasteiger partial charge in [-0.15, -0.1) is 0 Å². The summed E-state index contributed by atoms with van der Waals surface area (Å²) >= 11 is 0. The first kappa shape index (κ1) is 24.7. The largest absolute Gasteiger partial charge is 0.496 e. The zero-order chi connectivity index (χ0) is 26.0. The number of aryl methyl sites for hydroxylation is 1. The molecule has 3 aromatic heterocycles. The van der Waals surface area contributed by atoms with Crippen LogP contribution in [0.1, 0.15) is 35.5 Å². The number of fused-ring (bicyclic) bond motifs is 1. The molecular formula is C25H24F2N6O3. The van der Waals surface area contributed by atoms with Crippen molar-refractivity contribution < 1.29 is 23.0 Å². The molecule has 0 saturated heterocycles. The van der Waals surface area contributed by atoms with Crippen molar-refractivity contribution in [2.75, 3.05) is 7.11 Å². The van der Waals surface area contributed by atoms with E-state index in [1.54, 1.807) is 72.8 Å². The number of hydrogen-bond acceptors (Lipinski definition) is 6. The Labute approximate surface area is 205 Å². The maximum Gasteiger partial charge on any atom is 0.387 e. The van der Waals surface area contributed by atoms with Crippen LogP contribution >= 0.6 is 0 Å². The van der Waals surface area contributed by atoms with Gasteiger partial charge >= 0.3 is 6.61 Å². The number of carbonyl (C=O) groups is 1. The highest BCUT2D eigenvalue weighted by Crippen LogP contribution is 2.36. The molecule has 9 nitrogen and oxygen atoms in total. The van der Waals surface area contributed by atoms with Gasteiger partial charge in [0.15, 0.2) is 0 Å². The van der Waals surface area contributed by atoms with Crippen molar-refractivity contribution in [3.63, 3.8) is 0 Å². The Morgan fingerprint density at radius 1 is 1.22 bits per heavy atom. The van der Waals surface area contributed by atoms with Crippen molar-refractivity contribution in [2.45, 2.75) is 32.4 Å². The second kappa shape index (κ2) is 9.65. The summed E-state index contributed by atoms with van der Waals surface area (Å²) in [7, 11) is 3.08. The normalized spacial score (nSPS) is 11.5. The molecule has 3 heterocycles. The smallest absolute Gasteiger partial charge is 0.387 e. The molecule has 0 aliphatic rings. The molecule has 1 amide bonds. The van der Waals surface area contributed by atoms with Gasteiger partial charge in [0, 0.05) is 25.0 Å². The Hall–Kier alpha value is -4.46. The summed E-state index contributed by atoms with van der Waals surface area (Å²) in [5.41, 5.74) is 2.09. The minimum absolute atomic E-state index is 0.0545. The standard InChI is InChI=1S/C25H24F2N6O3/c1-25(2,14-28)16-5-8-33-18(13-29-21(33)11-16)15-9-19(35-4)22(20(10-15)36-24(26)27)23(34)30-12-17-6-7-32(3)31-17/h5-11,13,24H,12H2,1-4H3,(H,30,34). The number of pyridine rings is 1. The highest BCUT2D eigenvalue weighted by molar-refractivity contribution is 6.00. The minimum Gasteiger partial charge on any atom is -0.496 e. The molecule has 0 aliphatic carbocycles. The number of nitrogens with zero attached hydrogens (tertiary/aromatic N) is 5. The minimum atomic E-state index is -3.16. The van der Waals surface area contributed by atoms with Gasteiger partial charge in [0.1, 0.15) is 22.7 Å². The second-order valence-electron chi connectivity index (χ2n) is 8.62. The molecule has 0 saturated carbocycles. The third kappa shape index (κ3) is 4.84. The number of nitrogens with one attached hydrogen (secondary N) is 1. The van der Waals surface area contributed by atoms with Gasteiger partial charge in [-0.1, -0.05) is 0 Å². The van der Waals surface area contributed by atoms with Gasteiger partial charge in [-0.25, -0.2) is 4.98 Å². The number of ether oxygens (including phenoxy) is 2. The van der Waals surface area contributed by atoms with Crippen molar-refractivity contribution in [3.05, 3.63) is 65.7 Å². The summed E-state index contributed by atoms with van der Waals surface area (Å²) in [6.45, 7) is 0.538. The lowest BCUT2D eigenvalue weighted by atomic mass is 9.87. The van der Waals surface area contributed by atoms with Crippen molar-refractivity contribution in [2.24, 2.45) is 7.05 Å². The first-order valence-corrected chi connectivity index (χ1v) is 11.0. The topological polar surface area (TPSA) is 106 Å². The van der Waals surface area contributed by atoms with E-state index in [0.717, 1.165) is 5.56 Å². The van der Waals surface area contributed by atoms with E-state index in [9.17, 15) is 18.8 Å². The zero-order valence-corrected chi connectivity index (χ0v) is 20.1. The molecular weight excluding hydrogens is 470 g/mol. The zero-order valence-electron chi connectivity index (χ0n) is 20.1. The van der Waals surface area contributed by atoms with Crippen LogP contribution in [0.4, 0.5) is 8.78 Å². The number of carbonyl (C=O) groups excluding carboxylic acids is 1. The molecule has 1 aromatic carbocycles. The van der Waals surface area contributed by atoms with Crippen molar-refractivity contribution >= 4 is 11.6 Å². The molecule has 1 N–H and O–H groups in total. The Balaban J connectivity index is 1.75. The van der Waals surface area contributed by atoms with Crippen LogP contribution in [0.25, 0.3) is 16.9 Å². The number of rotatable bonds is 8. The molecule has 186 valence electrons. The molecule has 0 aliphatic heterocycles. The molecule has 0 radical (unpaired) electrons. The number of alkyl halides is 2. The van der Waals surface area contributed by atoms with E-state index >= 15 is 0 Å². The van der Waals surface area contributed by atoms with Gasteiger partial charge in [0.2, 0.25) is 0 Å². The predicted octanol–water partition coefficient (Wildman–Crippen LogP) is 4.08. The average molecular weight is 495 g/mol. The van der Waals surface area contributed by atoms with Crippen LogP contribution < -0.4 is 14.8 Å². The van der Waals surface area contributed by atoms with Gasteiger partial charge in [-0.2, -0.15) is 19.1 Å². The Morgan fingerprint density at radius 3 is 2.61 bits per heavy atom. The van der Waals surface area contributed by atoms with Gasteiger partial charge in [-0.05, 0) is 49.7 Å². The predicted molar refractivity (Wildman–Crippen MR) is 127 cm³/mol. The van der Waals surface area contributed by atoms with Crippen molar-refractivity contribution in [1.29, 1.82) is 5.26 Å². The third-order valence-electron chi connectivity index (χ3n) is 5.74. The number of methoxy groups -OCH3 is 1. The lowest BCUT2D eigenvalue weighted by molar-refractivity contribution is -0.0502. The summed E-state index contributed by atoms with van der Waals surface area (Å²) in [5, 5.41) is 16.3. The Morgan fingerprint density at radius 2 is 1.97 bits per heavy atom. The average Bonchev–Trinajstić information content (AvgIpc) is 3.47. The summed E-state index contributed by atoms with van der Waals surface area (Å²) < 4.78 is 40.1. The summed E-state index contributed by atoms with van der Waals surface area (Å²) in [6, 6.07) is 10.5. The first-order chi connectivity index (χ1) is 17.1. The number of imidazole rings is 1. The quantitative estimate of drug-likeness (QED) is 0.396. The fraction of sp³-hybridized carbons (Fsp3) is 0.280. The van der Waals surface area contributed by atoms with Crippen LogP contribution in [0.2, 0.25) is 0 Å². The van der Waals surface area contributed by atoms with Gasteiger partial charge in [0.25, 0.3) is 5.91 Å². The van der Waals surface area contributed by atoms with E-state index in [1.165, 1.54) is 13.2 Å². The molecule has 0 bridgehead atoms. The number of hydrogen-bond donors (Lipinski definition) is 1. The molecule has 0 atom stereocenters. The summed E-state index contributed by atoms with van der Waals surface area (Å²) in [5.74, 6) is -0.935. The van der Waals surface area contributed by atoms with Crippen LogP contribution in [0.15, 0.2) is 48.9 Å². The molecule has 4 rings (SSSR count). The van der Waals surface area contributed by atoms with Gasteiger partial charge in [0.05, 0.1) is 42.7 Å². The van der Waals surface area contributed by atoms with E-state index < -0.39 is 17.9 Å². The highest BCUT2D eigenvalue weighted by Gasteiger charge is 2.25. The van der Waals surface area contributed by atoms with Crippen LogP contribution in [-0.4, -0.2) is 38.8 Å². The fourth-order valence-electron chi connectivity index (χ4n) is 3.78. The maximum atomic E-state index is 13.3. The number of nitriles is 1. The van der Waals surface area contributed by atoms with E-state index in [-0.39, 0.29) is 23.6 Å². The van der Waals surface area contributed by atoms with Gasteiger partial charge in [-0.3, -0.25) is 13.9 Å². The van der Waals surface area contributed by atoms with Crippen LogP contribution in [0.3, 0.4) is 0 Å². The van der Waals surface area contributed by atoms with E-state index in [0.29, 0.717) is 22.6 Å². The number of amides is 1. The highest BCUT2D eigenvalue weighted by atomic mass is 19.3. The molecule has 36 heavy (non-hydrogen) atoms. The molecule has 0 fully saturated rings. The molecule has 0 unspecified atom stereocenters. The Bertz CT molecular complexity index is 1470. The van der Waals surface area contributed by atoms with E-state index in [2.05, 4.69) is 21.5 Å². The molecule has 4 aromatic rings. The first-order valence-electron chi connectivity index (χ1n) is 11.0. The molecule has 0 spiro atoms. The lowest BCUT2D eigenvalue weighted by Gasteiger charge is -2.17. The number of benzene rings is 1. The molecule has 11 heteroatoms. The Kier molecular flexibility index (Phi) is 6.61. The fourth-order valence-corrected chi connectivity index (χ4v) is 3.78. The number of aromatic nitrogens is 4. The van der Waals surface area contributed by atoms with E-state index in [4.69, 9.17) is 9.47 Å². The second-order valence-corrected chi connectivity index (χ2v) is 8.62. The van der Waals surface area contributed by atoms with Crippen molar-refractivity contribution in [1.82, 2.24) is 24.5 Å². The monoisotopic (exact) mass is 494 g/mol. The SMILES string of the molecule is COc1cc(-c2cnc3cc(C(C)(C)C#N)ccn23)cc(OC(F)F)c1C(=O)NCc1ccn(C)n1. The maximum absolute atomic E-state index is 13.3. The van der Waals surface area contributed by atoms with Gasteiger partial charge < -0.3 is 14.8 Å². The number of halogens is 2. The van der Waals surface area contributed by atoms with Crippen molar-refractivity contribution in [3.8, 4) is 28.8 Å².